The van der Waals surface area contributed by atoms with E-state index in [-0.39, 0.29) is 11.3 Å². The number of aromatic nitrogens is 1. The zero-order valence-electron chi connectivity index (χ0n) is 8.89. The third-order valence-electron chi connectivity index (χ3n) is 2.23. The summed E-state index contributed by atoms with van der Waals surface area (Å²) in [5.41, 5.74) is 0.318. The van der Waals surface area contributed by atoms with Crippen LogP contribution in [-0.4, -0.2) is 15.6 Å². The molecule has 0 bridgehead atoms. The zero-order chi connectivity index (χ0) is 13.3. The van der Waals surface area contributed by atoms with Crippen LogP contribution in [0.15, 0.2) is 28.4 Å². The molecule has 1 aromatic carbocycles. The average Bonchev–Trinajstić information content (AvgIpc) is 2.58. The quantitative estimate of drug-likeness (QED) is 0.928. The lowest BCUT2D eigenvalue weighted by Gasteiger charge is -2.05. The summed E-state index contributed by atoms with van der Waals surface area (Å²) in [6.07, 6.45) is 0. The molecule has 0 fully saturated rings. The van der Waals surface area contributed by atoms with E-state index in [1.165, 1.54) is 5.38 Å². The van der Waals surface area contributed by atoms with Crippen LogP contribution >= 0.6 is 11.3 Å². The van der Waals surface area contributed by atoms with Gasteiger partial charge in [-0.05, 0) is 12.1 Å². The van der Waals surface area contributed by atoms with Crippen molar-refractivity contribution < 1.29 is 18.7 Å². The van der Waals surface area contributed by atoms with E-state index in [1.54, 1.807) is 0 Å². The second kappa shape index (κ2) is 4.69. The molecular weight excluding hydrogens is 264 g/mol. The fourth-order valence-electron chi connectivity index (χ4n) is 1.54. The normalized spacial score (nSPS) is 10.6. The number of rotatable bonds is 3. The van der Waals surface area contributed by atoms with E-state index in [2.05, 4.69) is 0 Å². The smallest absolute Gasteiger partial charge is 0.323 e. The molecule has 0 saturated carbocycles. The standard InChI is InChI=1S/C11H7F2NO3S/c12-7-1-6(2-8(13)3-7)9-5-18-11(17)14(9)4-10(15)16/h1-3,5H,4H2,(H,15,16). The molecule has 2 aromatic rings. The maximum atomic E-state index is 13.1. The minimum atomic E-state index is -1.20. The topological polar surface area (TPSA) is 59.3 Å². The number of aliphatic carboxylic acids is 1. The van der Waals surface area contributed by atoms with Crippen molar-refractivity contribution >= 4 is 17.3 Å². The summed E-state index contributed by atoms with van der Waals surface area (Å²) >= 11 is 0.779. The molecular formula is C11H7F2NO3S. The number of hydrogen-bond donors (Lipinski definition) is 1. The van der Waals surface area contributed by atoms with Crippen molar-refractivity contribution in [1.82, 2.24) is 4.57 Å². The summed E-state index contributed by atoms with van der Waals surface area (Å²) < 4.78 is 27.1. The molecule has 0 aliphatic carbocycles. The van der Waals surface area contributed by atoms with E-state index < -0.39 is 29.0 Å². The Bertz CT molecular complexity index is 642. The van der Waals surface area contributed by atoms with Crippen LogP contribution in [0.3, 0.4) is 0 Å². The Morgan fingerprint density at radius 1 is 1.28 bits per heavy atom. The highest BCUT2D eigenvalue weighted by atomic mass is 32.1. The number of carbonyl (C=O) groups is 1. The highest BCUT2D eigenvalue weighted by Crippen LogP contribution is 2.22. The van der Waals surface area contributed by atoms with Crippen molar-refractivity contribution in [1.29, 1.82) is 0 Å². The molecule has 7 heteroatoms. The van der Waals surface area contributed by atoms with Gasteiger partial charge in [-0.1, -0.05) is 11.3 Å². The highest BCUT2D eigenvalue weighted by Gasteiger charge is 2.13. The molecule has 0 aliphatic rings. The molecule has 1 heterocycles. The number of halogens is 2. The predicted octanol–water partition coefficient (Wildman–Crippen LogP) is 1.94. The van der Waals surface area contributed by atoms with Gasteiger partial charge in [-0.3, -0.25) is 14.2 Å². The van der Waals surface area contributed by atoms with Gasteiger partial charge in [0, 0.05) is 17.0 Å². The van der Waals surface area contributed by atoms with Crippen molar-refractivity contribution in [2.24, 2.45) is 0 Å². The third kappa shape index (κ3) is 2.45. The fourth-order valence-corrected chi connectivity index (χ4v) is 2.31. The number of carboxylic acids is 1. The largest absolute Gasteiger partial charge is 0.480 e. The average molecular weight is 271 g/mol. The van der Waals surface area contributed by atoms with E-state index in [0.29, 0.717) is 6.07 Å². The predicted molar refractivity (Wildman–Crippen MR) is 61.6 cm³/mol. The second-order valence-corrected chi connectivity index (χ2v) is 4.35. The summed E-state index contributed by atoms with van der Waals surface area (Å²) in [5.74, 6) is -2.77. The van der Waals surface area contributed by atoms with Crippen LogP contribution in [0.2, 0.25) is 0 Å². The second-order valence-electron chi connectivity index (χ2n) is 3.52. The van der Waals surface area contributed by atoms with Gasteiger partial charge >= 0.3 is 10.8 Å². The molecule has 0 radical (unpaired) electrons. The van der Waals surface area contributed by atoms with Crippen molar-refractivity contribution in [3.05, 3.63) is 44.9 Å². The third-order valence-corrected chi connectivity index (χ3v) is 3.00. The molecule has 0 atom stereocenters. The van der Waals surface area contributed by atoms with Gasteiger partial charge in [0.25, 0.3) is 0 Å². The van der Waals surface area contributed by atoms with Crippen LogP contribution in [-0.2, 0) is 11.3 Å². The number of thiazole rings is 1. The molecule has 4 nitrogen and oxygen atoms in total. The van der Waals surface area contributed by atoms with Gasteiger partial charge in [-0.2, -0.15) is 0 Å². The fraction of sp³-hybridized carbons (Fsp3) is 0.0909. The first-order valence-corrected chi connectivity index (χ1v) is 5.72. The van der Waals surface area contributed by atoms with Crippen LogP contribution in [0.4, 0.5) is 8.78 Å². The van der Waals surface area contributed by atoms with E-state index >= 15 is 0 Å². The van der Waals surface area contributed by atoms with Gasteiger partial charge in [0.05, 0.1) is 5.69 Å². The highest BCUT2D eigenvalue weighted by molar-refractivity contribution is 7.07. The molecule has 0 spiro atoms. The summed E-state index contributed by atoms with van der Waals surface area (Å²) in [6.45, 7) is -0.546. The van der Waals surface area contributed by atoms with E-state index in [9.17, 15) is 18.4 Å². The van der Waals surface area contributed by atoms with Crippen molar-refractivity contribution in [3.63, 3.8) is 0 Å². The summed E-state index contributed by atoms with van der Waals surface area (Å²) in [4.78, 5) is 21.6. The van der Waals surface area contributed by atoms with Crippen molar-refractivity contribution in [3.8, 4) is 11.3 Å². The first kappa shape index (κ1) is 12.4. The number of benzene rings is 1. The molecule has 18 heavy (non-hydrogen) atoms. The van der Waals surface area contributed by atoms with Gasteiger partial charge in [-0.15, -0.1) is 0 Å². The SMILES string of the molecule is O=C(O)Cn1c(-c2cc(F)cc(F)c2)csc1=O. The van der Waals surface area contributed by atoms with Gasteiger partial charge in [0.15, 0.2) is 0 Å². The van der Waals surface area contributed by atoms with Gasteiger partial charge < -0.3 is 5.11 Å². The summed E-state index contributed by atoms with van der Waals surface area (Å²) in [5, 5.41) is 10.1. The minimum absolute atomic E-state index is 0.132. The van der Waals surface area contributed by atoms with Crippen LogP contribution in [0, 0.1) is 11.6 Å². The lowest BCUT2D eigenvalue weighted by molar-refractivity contribution is -0.137. The monoisotopic (exact) mass is 271 g/mol. The summed E-state index contributed by atoms with van der Waals surface area (Å²) in [7, 11) is 0. The Hall–Kier alpha value is -2.02. The summed E-state index contributed by atoms with van der Waals surface area (Å²) in [6, 6.07) is 2.79. The van der Waals surface area contributed by atoms with E-state index in [0.717, 1.165) is 28.0 Å². The minimum Gasteiger partial charge on any atom is -0.480 e. The molecule has 0 saturated heterocycles. The molecule has 0 aliphatic heterocycles. The van der Waals surface area contributed by atoms with Crippen molar-refractivity contribution in [2.45, 2.75) is 6.54 Å². The molecule has 2 rings (SSSR count). The van der Waals surface area contributed by atoms with Gasteiger partial charge in [0.1, 0.15) is 18.2 Å². The van der Waals surface area contributed by atoms with Gasteiger partial charge in [-0.25, -0.2) is 8.78 Å². The number of carboxylic acid groups (broad SMARTS) is 1. The van der Waals surface area contributed by atoms with E-state index in [1.807, 2.05) is 0 Å². The molecule has 0 unspecified atom stereocenters. The zero-order valence-corrected chi connectivity index (χ0v) is 9.71. The lowest BCUT2D eigenvalue weighted by Crippen LogP contribution is -2.19. The Morgan fingerprint density at radius 3 is 2.44 bits per heavy atom. The van der Waals surface area contributed by atoms with Crippen LogP contribution in [0.1, 0.15) is 0 Å². The van der Waals surface area contributed by atoms with Crippen LogP contribution < -0.4 is 4.87 Å². The molecule has 0 amide bonds. The maximum Gasteiger partial charge on any atom is 0.323 e. The van der Waals surface area contributed by atoms with Crippen LogP contribution in [0.25, 0.3) is 11.3 Å². The van der Waals surface area contributed by atoms with E-state index in [4.69, 9.17) is 5.11 Å². The number of nitrogens with zero attached hydrogens (tertiary/aromatic N) is 1. The first-order valence-electron chi connectivity index (χ1n) is 4.84. The first-order chi connectivity index (χ1) is 8.47. The van der Waals surface area contributed by atoms with Crippen molar-refractivity contribution in [2.75, 3.05) is 0 Å². The van der Waals surface area contributed by atoms with Crippen LogP contribution in [0.5, 0.6) is 0 Å². The maximum absolute atomic E-state index is 13.1. The Labute approximate surface area is 104 Å². The molecule has 1 N–H and O–H groups in total. The Kier molecular flexibility index (Phi) is 3.24. The number of hydrogen-bond acceptors (Lipinski definition) is 3. The van der Waals surface area contributed by atoms with Gasteiger partial charge in [0.2, 0.25) is 0 Å². The Morgan fingerprint density at radius 2 is 1.89 bits per heavy atom. The molecule has 94 valence electrons. The molecule has 1 aromatic heterocycles. The lowest BCUT2D eigenvalue weighted by atomic mass is 10.1. The Balaban J connectivity index is 2.57.